The smallest absolute Gasteiger partial charge is 0.302 e. The molecule has 1 N–H and O–H groups in total. The molecule has 3 aromatic rings. The molecular formula is C30H30N6O3S2. The molecule has 0 atom stereocenters. The van der Waals surface area contributed by atoms with Gasteiger partial charge in [-0.05, 0) is 98.5 Å². The van der Waals surface area contributed by atoms with E-state index in [1.165, 1.54) is 16.8 Å². The number of benzene rings is 3. The summed E-state index contributed by atoms with van der Waals surface area (Å²) in [4.78, 5) is 19.5. The number of carbonyl (C=O) groups excluding carboxylic acids is 1. The van der Waals surface area contributed by atoms with Crippen molar-refractivity contribution in [1.29, 1.82) is 5.26 Å². The fourth-order valence-corrected chi connectivity index (χ4v) is 6.36. The van der Waals surface area contributed by atoms with E-state index in [9.17, 15) is 18.5 Å². The number of nitrogens with one attached hydrogen (secondary N) is 1. The number of rotatable bonds is 5. The first kappa shape index (κ1) is 28.4. The van der Waals surface area contributed by atoms with Gasteiger partial charge in [0.1, 0.15) is 5.84 Å². The lowest BCUT2D eigenvalue weighted by Gasteiger charge is -2.35. The maximum Gasteiger partial charge on any atom is 0.302 e. The Labute approximate surface area is 244 Å². The number of fused-ring (bicyclic) bond motifs is 1. The van der Waals surface area contributed by atoms with E-state index in [-0.39, 0.29) is 5.24 Å². The number of hydrazone groups is 1. The van der Waals surface area contributed by atoms with Crippen LogP contribution in [-0.4, -0.2) is 54.8 Å². The Bertz CT molecular complexity index is 1710. The summed E-state index contributed by atoms with van der Waals surface area (Å²) in [6.45, 7) is 4.78. The topological polar surface area (TPSA) is 118 Å². The molecule has 2 aliphatic heterocycles. The fraction of sp³-hybridized carbons (Fsp3) is 0.267. The summed E-state index contributed by atoms with van der Waals surface area (Å²) in [6, 6.07) is 22.7. The Morgan fingerprint density at radius 3 is 2.46 bits per heavy atom. The van der Waals surface area contributed by atoms with Crippen molar-refractivity contribution < 1.29 is 13.2 Å². The molecule has 0 aromatic heterocycles. The van der Waals surface area contributed by atoms with Gasteiger partial charge in [-0.15, -0.1) is 0 Å². The van der Waals surface area contributed by atoms with Crippen LogP contribution >= 0.6 is 11.8 Å². The fourth-order valence-electron chi connectivity index (χ4n) is 4.93. The third kappa shape index (κ3) is 6.29. The molecule has 11 heteroatoms. The Kier molecular flexibility index (Phi) is 7.64. The van der Waals surface area contributed by atoms with Gasteiger partial charge in [0.05, 0.1) is 34.0 Å². The Balaban J connectivity index is 1.56. The number of hydrogen-bond donors (Lipinski definition) is 1. The molecule has 0 saturated heterocycles. The lowest BCUT2D eigenvalue weighted by molar-refractivity contribution is 0.234. The standard InChI is InChI=1S/C30H30N6O3S2/c1-30(2)27(33-35(3)29(37)40-30)23-11-16-26-22(18-23)6-5-17-36(26)28(21-9-7-20(19-31)8-10-21)32-24-12-14-25(15-13-24)34-41(4,38)39/h7-16,18,34H,5-6,17H2,1-4H3. The van der Waals surface area contributed by atoms with Crippen LogP contribution in [0.5, 0.6) is 0 Å². The van der Waals surface area contributed by atoms with Crippen LogP contribution in [-0.2, 0) is 16.4 Å². The van der Waals surface area contributed by atoms with Gasteiger partial charge < -0.3 is 4.90 Å². The Morgan fingerprint density at radius 1 is 1.10 bits per heavy atom. The zero-order valence-electron chi connectivity index (χ0n) is 23.2. The molecule has 0 unspecified atom stereocenters. The summed E-state index contributed by atoms with van der Waals surface area (Å²) >= 11 is 1.27. The van der Waals surface area contributed by atoms with E-state index in [1.54, 1.807) is 43.4 Å². The molecule has 5 rings (SSSR count). The Morgan fingerprint density at radius 2 is 1.80 bits per heavy atom. The quantitative estimate of drug-likeness (QED) is 0.301. The van der Waals surface area contributed by atoms with Crippen LogP contribution in [0.25, 0.3) is 0 Å². The van der Waals surface area contributed by atoms with Crippen molar-refractivity contribution >= 4 is 55.6 Å². The van der Waals surface area contributed by atoms with E-state index >= 15 is 0 Å². The molecule has 9 nitrogen and oxygen atoms in total. The normalized spacial score (nSPS) is 17.0. The Hall–Kier alpha value is -4.14. The van der Waals surface area contributed by atoms with Crippen molar-refractivity contribution in [2.24, 2.45) is 10.1 Å². The molecule has 2 aliphatic rings. The zero-order chi connectivity index (χ0) is 29.4. The minimum absolute atomic E-state index is 0.0775. The summed E-state index contributed by atoms with van der Waals surface area (Å²) in [5, 5.41) is 15.2. The van der Waals surface area contributed by atoms with Crippen LogP contribution in [0.4, 0.5) is 21.9 Å². The number of thioether (sulfide) groups is 1. The number of hydrogen-bond acceptors (Lipinski definition) is 7. The minimum Gasteiger partial charge on any atom is -0.326 e. The van der Waals surface area contributed by atoms with Crippen molar-refractivity contribution in [1.82, 2.24) is 5.01 Å². The van der Waals surface area contributed by atoms with Gasteiger partial charge in [-0.25, -0.2) is 18.4 Å². The van der Waals surface area contributed by atoms with Crippen molar-refractivity contribution in [3.05, 3.63) is 89.0 Å². The van der Waals surface area contributed by atoms with Gasteiger partial charge in [-0.3, -0.25) is 9.52 Å². The first-order valence-electron chi connectivity index (χ1n) is 13.1. The van der Waals surface area contributed by atoms with Crippen molar-refractivity contribution in [2.75, 3.05) is 29.5 Å². The molecule has 0 fully saturated rings. The number of aryl methyl sites for hydroxylation is 1. The van der Waals surface area contributed by atoms with Crippen molar-refractivity contribution in [3.8, 4) is 6.07 Å². The van der Waals surface area contributed by atoms with Crippen LogP contribution in [0.1, 0.15) is 42.5 Å². The zero-order valence-corrected chi connectivity index (χ0v) is 24.9. The third-order valence-electron chi connectivity index (χ3n) is 6.83. The summed E-state index contributed by atoms with van der Waals surface area (Å²) < 4.78 is 25.3. The molecule has 0 aliphatic carbocycles. The molecule has 0 spiro atoms. The highest BCUT2D eigenvalue weighted by atomic mass is 32.2. The molecule has 2 heterocycles. The highest BCUT2D eigenvalue weighted by Crippen LogP contribution is 2.37. The van der Waals surface area contributed by atoms with Crippen LogP contribution in [0.2, 0.25) is 0 Å². The van der Waals surface area contributed by atoms with E-state index in [0.717, 1.165) is 59.6 Å². The molecule has 41 heavy (non-hydrogen) atoms. The lowest BCUT2D eigenvalue weighted by atomic mass is 9.93. The van der Waals surface area contributed by atoms with Gasteiger partial charge in [-0.2, -0.15) is 10.4 Å². The second kappa shape index (κ2) is 11.0. The molecule has 210 valence electrons. The van der Waals surface area contributed by atoms with Crippen LogP contribution < -0.4 is 9.62 Å². The summed E-state index contributed by atoms with van der Waals surface area (Å²) in [7, 11) is -1.71. The predicted molar refractivity (Wildman–Crippen MR) is 166 cm³/mol. The second-order valence-corrected chi connectivity index (χ2v) is 13.8. The molecule has 0 radical (unpaired) electrons. The van der Waals surface area contributed by atoms with Gasteiger partial charge in [0.15, 0.2) is 0 Å². The van der Waals surface area contributed by atoms with E-state index in [0.29, 0.717) is 16.9 Å². The molecule has 3 aromatic carbocycles. The maximum atomic E-state index is 12.3. The van der Waals surface area contributed by atoms with Gasteiger partial charge in [-0.1, -0.05) is 17.8 Å². The maximum absolute atomic E-state index is 12.3. The van der Waals surface area contributed by atoms with Gasteiger partial charge in [0.25, 0.3) is 0 Å². The average molecular weight is 587 g/mol. The first-order valence-corrected chi connectivity index (χ1v) is 15.8. The monoisotopic (exact) mass is 586 g/mol. The molecule has 0 bridgehead atoms. The first-order chi connectivity index (χ1) is 19.4. The number of amides is 1. The molecule has 0 saturated carbocycles. The number of carbonyl (C=O) groups is 1. The minimum atomic E-state index is -3.39. The van der Waals surface area contributed by atoms with Crippen LogP contribution in [0.3, 0.4) is 0 Å². The number of amidine groups is 1. The second-order valence-electron chi connectivity index (χ2n) is 10.5. The number of nitrogens with zero attached hydrogens (tertiary/aromatic N) is 5. The number of anilines is 2. The largest absolute Gasteiger partial charge is 0.326 e. The van der Waals surface area contributed by atoms with Crippen molar-refractivity contribution in [2.45, 2.75) is 31.4 Å². The van der Waals surface area contributed by atoms with Crippen LogP contribution in [0.15, 0.2) is 76.8 Å². The highest BCUT2D eigenvalue weighted by molar-refractivity contribution is 8.15. The van der Waals surface area contributed by atoms with Crippen molar-refractivity contribution in [3.63, 3.8) is 0 Å². The third-order valence-corrected chi connectivity index (χ3v) is 8.58. The summed E-state index contributed by atoms with van der Waals surface area (Å²) in [5.41, 5.74) is 6.56. The van der Waals surface area contributed by atoms with Gasteiger partial charge >= 0.3 is 5.24 Å². The number of sulfonamides is 1. The summed E-state index contributed by atoms with van der Waals surface area (Å²) in [5.74, 6) is 0.725. The lowest BCUT2D eigenvalue weighted by Crippen LogP contribution is -2.40. The SMILES string of the molecule is CN1N=C(c2ccc3c(c2)CCCN3C(=Nc2ccc(NS(C)(=O)=O)cc2)c2ccc(C#N)cc2)C(C)(C)SC1=O. The van der Waals surface area contributed by atoms with Gasteiger partial charge in [0, 0.05) is 30.5 Å². The molecular weight excluding hydrogens is 557 g/mol. The van der Waals surface area contributed by atoms with E-state index < -0.39 is 14.8 Å². The van der Waals surface area contributed by atoms with E-state index in [2.05, 4.69) is 32.9 Å². The van der Waals surface area contributed by atoms with Gasteiger partial charge in [0.2, 0.25) is 10.0 Å². The number of aliphatic imine (C=N–C) groups is 1. The van der Waals surface area contributed by atoms with E-state index in [1.807, 2.05) is 32.0 Å². The number of nitriles is 1. The summed E-state index contributed by atoms with van der Waals surface area (Å²) in [6.07, 6.45) is 2.91. The average Bonchev–Trinajstić information content (AvgIpc) is 2.93. The highest BCUT2D eigenvalue weighted by Gasteiger charge is 2.37. The van der Waals surface area contributed by atoms with E-state index in [4.69, 9.17) is 4.99 Å². The predicted octanol–water partition coefficient (Wildman–Crippen LogP) is 5.74. The van der Waals surface area contributed by atoms with Crippen LogP contribution in [0, 0.1) is 11.3 Å². The molecule has 1 amide bonds.